The van der Waals surface area contributed by atoms with Gasteiger partial charge in [-0.3, -0.25) is 4.79 Å². The smallest absolute Gasteiger partial charge is 0.314 e. The number of halogens is 1. The van der Waals surface area contributed by atoms with Crippen LogP contribution in [0.1, 0.15) is 44.1 Å². The minimum atomic E-state index is -1.06. The fraction of sp³-hybridized carbons (Fsp3) is 0.562. The highest BCUT2D eigenvalue weighted by Gasteiger charge is 2.46. The highest BCUT2D eigenvalue weighted by atomic mass is 19.1. The zero-order valence-electron chi connectivity index (χ0n) is 12.0. The first-order valence-electron chi connectivity index (χ1n) is 7.35. The molecule has 2 saturated carbocycles. The lowest BCUT2D eigenvalue weighted by Gasteiger charge is -2.27. The van der Waals surface area contributed by atoms with E-state index < -0.39 is 17.2 Å². The highest BCUT2D eigenvalue weighted by molar-refractivity contribution is 5.83. The van der Waals surface area contributed by atoms with Gasteiger partial charge in [0.05, 0.1) is 18.6 Å². The first-order valence-corrected chi connectivity index (χ1v) is 7.35. The third-order valence-corrected chi connectivity index (χ3v) is 4.43. The van der Waals surface area contributed by atoms with Crippen molar-refractivity contribution in [1.82, 2.24) is 0 Å². The second kappa shape index (κ2) is 5.20. The summed E-state index contributed by atoms with van der Waals surface area (Å²) in [5, 5.41) is 9.73. The van der Waals surface area contributed by atoms with Crippen molar-refractivity contribution in [3.63, 3.8) is 0 Å². The molecule has 4 nitrogen and oxygen atoms in total. The molecule has 0 amide bonds. The predicted molar refractivity (Wildman–Crippen MR) is 74.4 cm³/mol. The molecule has 2 fully saturated rings. The summed E-state index contributed by atoms with van der Waals surface area (Å²) in [5.74, 6) is -0.707. The van der Waals surface area contributed by atoms with Gasteiger partial charge in [-0.1, -0.05) is 12.8 Å². The van der Waals surface area contributed by atoms with Crippen molar-refractivity contribution in [2.45, 2.75) is 50.0 Å². The van der Waals surface area contributed by atoms with E-state index in [2.05, 4.69) is 0 Å². The molecular weight excluding hydrogens is 275 g/mol. The van der Waals surface area contributed by atoms with Crippen LogP contribution in [0, 0.1) is 5.82 Å². The number of carboxylic acid groups (broad SMARTS) is 1. The SMILES string of the molecule is COc1cc(F)cc(C2(C(=O)O)CCCC2)c1OC1CC1. The molecule has 5 heteroatoms. The van der Waals surface area contributed by atoms with Crippen molar-refractivity contribution in [2.75, 3.05) is 7.11 Å². The third-order valence-electron chi connectivity index (χ3n) is 4.43. The second-order valence-corrected chi connectivity index (χ2v) is 5.90. The molecular formula is C16H19FO4. The van der Waals surface area contributed by atoms with Crippen molar-refractivity contribution in [3.8, 4) is 11.5 Å². The summed E-state index contributed by atoms with van der Waals surface area (Å²) >= 11 is 0. The zero-order chi connectivity index (χ0) is 15.0. The van der Waals surface area contributed by atoms with Gasteiger partial charge in [0.25, 0.3) is 0 Å². The van der Waals surface area contributed by atoms with Crippen LogP contribution in [0.15, 0.2) is 12.1 Å². The maximum atomic E-state index is 13.9. The van der Waals surface area contributed by atoms with Crippen LogP contribution < -0.4 is 9.47 Å². The van der Waals surface area contributed by atoms with Gasteiger partial charge in [0.2, 0.25) is 0 Å². The molecule has 1 aromatic carbocycles. The fourth-order valence-corrected chi connectivity index (χ4v) is 3.13. The molecule has 0 bridgehead atoms. The number of rotatable bonds is 5. The summed E-state index contributed by atoms with van der Waals surface area (Å²) in [5.41, 5.74) is -0.629. The molecule has 0 unspecified atom stereocenters. The normalized spacial score (nSPS) is 20.3. The van der Waals surface area contributed by atoms with Gasteiger partial charge >= 0.3 is 5.97 Å². The van der Waals surface area contributed by atoms with Crippen molar-refractivity contribution in [2.24, 2.45) is 0 Å². The number of methoxy groups -OCH3 is 1. The van der Waals surface area contributed by atoms with Gasteiger partial charge in [0, 0.05) is 11.6 Å². The Kier molecular flexibility index (Phi) is 3.51. The number of carbonyl (C=O) groups is 1. The van der Waals surface area contributed by atoms with Crippen LogP contribution in [-0.2, 0) is 10.2 Å². The van der Waals surface area contributed by atoms with Crippen molar-refractivity contribution in [1.29, 1.82) is 0 Å². The summed E-state index contributed by atoms with van der Waals surface area (Å²) in [4.78, 5) is 11.9. The predicted octanol–water partition coefficient (Wildman–Crippen LogP) is 3.27. The van der Waals surface area contributed by atoms with Crippen LogP contribution >= 0.6 is 0 Å². The molecule has 2 aliphatic carbocycles. The second-order valence-electron chi connectivity index (χ2n) is 5.90. The van der Waals surface area contributed by atoms with Crippen LogP contribution in [0.5, 0.6) is 11.5 Å². The summed E-state index contributed by atoms with van der Waals surface area (Å²) in [6.45, 7) is 0. The van der Waals surface area contributed by atoms with Crippen LogP contribution in [0.2, 0.25) is 0 Å². The van der Waals surface area contributed by atoms with E-state index in [1.165, 1.54) is 19.2 Å². The molecule has 0 aromatic heterocycles. The van der Waals surface area contributed by atoms with Crippen molar-refractivity contribution >= 4 is 5.97 Å². The van der Waals surface area contributed by atoms with Gasteiger partial charge in [-0.2, -0.15) is 0 Å². The Hall–Kier alpha value is -1.78. The summed E-state index contributed by atoms with van der Waals surface area (Å²) < 4.78 is 25.0. The number of ether oxygens (including phenoxy) is 2. The molecule has 0 aliphatic heterocycles. The molecule has 0 radical (unpaired) electrons. The number of hydrogen-bond acceptors (Lipinski definition) is 3. The lowest BCUT2D eigenvalue weighted by Crippen LogP contribution is -2.33. The standard InChI is InChI=1S/C16H19FO4/c1-20-13-9-10(17)8-12(14(13)21-11-4-5-11)16(15(18)19)6-2-3-7-16/h8-9,11H,2-7H2,1H3,(H,18,19). The first kappa shape index (κ1) is 14.2. The Morgan fingerprint density at radius 2 is 2.00 bits per heavy atom. The van der Waals surface area contributed by atoms with E-state index in [-0.39, 0.29) is 11.9 Å². The molecule has 1 aromatic rings. The van der Waals surface area contributed by atoms with E-state index in [0.29, 0.717) is 24.2 Å². The average Bonchev–Trinajstić information content (AvgIpc) is 3.13. The largest absolute Gasteiger partial charge is 0.493 e. The van der Waals surface area contributed by atoms with Gasteiger partial charge in [-0.05, 0) is 31.7 Å². The van der Waals surface area contributed by atoms with Crippen LogP contribution in [-0.4, -0.2) is 24.3 Å². The summed E-state index contributed by atoms with van der Waals surface area (Å²) in [6.07, 6.45) is 4.66. The first-order chi connectivity index (χ1) is 10.1. The average molecular weight is 294 g/mol. The van der Waals surface area contributed by atoms with E-state index in [0.717, 1.165) is 25.7 Å². The number of carboxylic acids is 1. The van der Waals surface area contributed by atoms with Crippen LogP contribution in [0.25, 0.3) is 0 Å². The molecule has 114 valence electrons. The van der Waals surface area contributed by atoms with Crippen LogP contribution in [0.4, 0.5) is 4.39 Å². The van der Waals surface area contributed by atoms with E-state index in [4.69, 9.17) is 9.47 Å². The Morgan fingerprint density at radius 1 is 1.33 bits per heavy atom. The van der Waals surface area contributed by atoms with Gasteiger partial charge in [0.15, 0.2) is 11.5 Å². The number of aliphatic carboxylic acids is 1. The van der Waals surface area contributed by atoms with Gasteiger partial charge < -0.3 is 14.6 Å². The topological polar surface area (TPSA) is 55.8 Å². The Labute approximate surface area is 122 Å². The molecule has 2 aliphatic rings. The Balaban J connectivity index is 2.14. The van der Waals surface area contributed by atoms with Crippen LogP contribution in [0.3, 0.4) is 0 Å². The number of hydrogen-bond donors (Lipinski definition) is 1. The summed E-state index contributed by atoms with van der Waals surface area (Å²) in [6, 6.07) is 2.56. The quantitative estimate of drug-likeness (QED) is 0.905. The molecule has 21 heavy (non-hydrogen) atoms. The highest BCUT2D eigenvalue weighted by Crippen LogP contribution is 2.49. The third kappa shape index (κ3) is 2.45. The fourth-order valence-electron chi connectivity index (χ4n) is 3.13. The summed E-state index contributed by atoms with van der Waals surface area (Å²) in [7, 11) is 1.44. The van der Waals surface area contributed by atoms with Gasteiger partial charge in [-0.15, -0.1) is 0 Å². The Morgan fingerprint density at radius 3 is 2.52 bits per heavy atom. The van der Waals surface area contributed by atoms with E-state index in [1.807, 2.05) is 0 Å². The minimum Gasteiger partial charge on any atom is -0.493 e. The van der Waals surface area contributed by atoms with Crippen molar-refractivity contribution < 1.29 is 23.8 Å². The monoisotopic (exact) mass is 294 g/mol. The van der Waals surface area contributed by atoms with E-state index in [1.54, 1.807) is 0 Å². The Bertz CT molecular complexity index is 560. The van der Waals surface area contributed by atoms with Crippen molar-refractivity contribution in [3.05, 3.63) is 23.5 Å². The van der Waals surface area contributed by atoms with Gasteiger partial charge in [0.1, 0.15) is 5.82 Å². The zero-order valence-corrected chi connectivity index (χ0v) is 12.0. The van der Waals surface area contributed by atoms with E-state index >= 15 is 0 Å². The molecule has 0 spiro atoms. The maximum absolute atomic E-state index is 13.9. The molecule has 3 rings (SSSR count). The molecule has 0 atom stereocenters. The van der Waals surface area contributed by atoms with E-state index in [9.17, 15) is 14.3 Å². The van der Waals surface area contributed by atoms with Gasteiger partial charge in [-0.25, -0.2) is 4.39 Å². The lowest BCUT2D eigenvalue weighted by atomic mass is 9.78. The molecule has 0 saturated heterocycles. The molecule has 0 heterocycles. The lowest BCUT2D eigenvalue weighted by molar-refractivity contribution is -0.143. The molecule has 1 N–H and O–H groups in total. The number of benzene rings is 1. The maximum Gasteiger partial charge on any atom is 0.314 e. The minimum absolute atomic E-state index is 0.0929.